The zero-order valence-corrected chi connectivity index (χ0v) is 28.2. The van der Waals surface area contributed by atoms with Crippen molar-refractivity contribution in [2.75, 3.05) is 50.0 Å². The summed E-state index contributed by atoms with van der Waals surface area (Å²) in [6.07, 6.45) is 6.13. The molecule has 1 saturated carbocycles. The molecular formula is C34H40ClFN6O6. The van der Waals surface area contributed by atoms with Crippen molar-refractivity contribution < 1.29 is 33.0 Å². The maximum Gasteiger partial charge on any atom is 0.410 e. The van der Waals surface area contributed by atoms with Gasteiger partial charge in [-0.05, 0) is 70.7 Å². The van der Waals surface area contributed by atoms with E-state index in [2.05, 4.69) is 20.6 Å². The number of ether oxygens (including phenoxy) is 3. The van der Waals surface area contributed by atoms with Gasteiger partial charge in [0.2, 0.25) is 5.91 Å². The van der Waals surface area contributed by atoms with Crippen molar-refractivity contribution in [2.24, 2.45) is 5.92 Å². The Balaban J connectivity index is 1.31. The highest BCUT2D eigenvalue weighted by molar-refractivity contribution is 6.31. The number of benzene rings is 2. The van der Waals surface area contributed by atoms with Crippen molar-refractivity contribution in [2.45, 2.75) is 52.2 Å². The molecule has 1 aliphatic carbocycles. The lowest BCUT2D eigenvalue weighted by molar-refractivity contribution is -0.151. The topological polar surface area (TPSA) is 135 Å². The van der Waals surface area contributed by atoms with Crippen LogP contribution in [0.1, 0.15) is 40.5 Å². The van der Waals surface area contributed by atoms with Crippen LogP contribution in [0.2, 0.25) is 5.02 Å². The average Bonchev–Trinajstić information content (AvgIpc) is 3.86. The number of amides is 2. The Morgan fingerprint density at radius 1 is 1.12 bits per heavy atom. The van der Waals surface area contributed by atoms with Gasteiger partial charge in [-0.1, -0.05) is 17.7 Å². The lowest BCUT2D eigenvalue weighted by Crippen LogP contribution is -2.58. The first kappa shape index (κ1) is 34.8. The number of rotatable bonds is 11. The third-order valence-electron chi connectivity index (χ3n) is 7.66. The van der Waals surface area contributed by atoms with Crippen LogP contribution in [-0.2, 0) is 19.1 Å². The predicted molar refractivity (Wildman–Crippen MR) is 180 cm³/mol. The van der Waals surface area contributed by atoms with Gasteiger partial charge in [-0.3, -0.25) is 14.5 Å². The maximum atomic E-state index is 13.7. The molecule has 256 valence electrons. The number of nitrogens with zero attached hydrogens (tertiary/aromatic N) is 4. The average molecular weight is 683 g/mol. The Bertz CT molecular complexity index is 1690. The standard InChI is InChI=1S/C34H40ClFN6O6/c1-5-46-32(44)28-18-42(33(45)48-34(2,3)4)14-13-41(28)12-6-7-30(43)40-27-16-23-26(17-29(27)47-19-21-8-9-21)37-20-38-31(23)39-22-10-11-25(36)24(35)15-22/h6-7,10-11,15-17,20-21,28H,5,8-9,12-14,18-19H2,1-4H3,(H,40,43)(H,37,38,39)/b7-6+. The van der Waals surface area contributed by atoms with Crippen LogP contribution in [0.5, 0.6) is 5.75 Å². The van der Waals surface area contributed by atoms with Gasteiger partial charge in [0.15, 0.2) is 0 Å². The second-order valence-corrected chi connectivity index (χ2v) is 13.1. The number of esters is 1. The molecule has 0 spiro atoms. The largest absolute Gasteiger partial charge is 0.491 e. The van der Waals surface area contributed by atoms with Crippen LogP contribution in [-0.4, -0.2) is 88.8 Å². The highest BCUT2D eigenvalue weighted by atomic mass is 35.5. The Labute approximate surface area is 283 Å². The van der Waals surface area contributed by atoms with E-state index in [-0.39, 0.29) is 24.7 Å². The van der Waals surface area contributed by atoms with E-state index in [1.807, 2.05) is 4.90 Å². The van der Waals surface area contributed by atoms with Crippen molar-refractivity contribution in [3.05, 3.63) is 59.7 Å². The van der Waals surface area contributed by atoms with E-state index in [0.29, 0.717) is 59.5 Å². The van der Waals surface area contributed by atoms with Crippen LogP contribution in [0.15, 0.2) is 48.8 Å². The van der Waals surface area contributed by atoms with Crippen molar-refractivity contribution in [1.29, 1.82) is 0 Å². The van der Waals surface area contributed by atoms with E-state index < -0.39 is 35.4 Å². The van der Waals surface area contributed by atoms with Gasteiger partial charge < -0.3 is 29.7 Å². The van der Waals surface area contributed by atoms with E-state index in [1.165, 1.54) is 29.4 Å². The van der Waals surface area contributed by atoms with E-state index >= 15 is 0 Å². The second kappa shape index (κ2) is 15.2. The molecule has 1 aliphatic heterocycles. The quantitative estimate of drug-likeness (QED) is 0.185. The molecule has 2 heterocycles. The van der Waals surface area contributed by atoms with Crippen LogP contribution in [0, 0.1) is 11.7 Å². The molecule has 0 radical (unpaired) electrons. The molecule has 12 nitrogen and oxygen atoms in total. The third-order valence-corrected chi connectivity index (χ3v) is 7.95. The zero-order chi connectivity index (χ0) is 34.4. The Morgan fingerprint density at radius 2 is 1.92 bits per heavy atom. The zero-order valence-electron chi connectivity index (χ0n) is 27.4. The summed E-state index contributed by atoms with van der Waals surface area (Å²) in [5, 5.41) is 6.61. The normalized spacial score (nSPS) is 17.0. The van der Waals surface area contributed by atoms with Gasteiger partial charge in [0.1, 0.15) is 35.4 Å². The first-order chi connectivity index (χ1) is 22.9. The fourth-order valence-corrected chi connectivity index (χ4v) is 5.25. The molecular weight excluding hydrogens is 643 g/mol. The number of halogens is 2. The molecule has 3 aromatic rings. The van der Waals surface area contributed by atoms with Crippen molar-refractivity contribution >= 4 is 57.7 Å². The number of carbonyl (C=O) groups excluding carboxylic acids is 3. The molecule has 2 aromatic carbocycles. The minimum absolute atomic E-state index is 0.0349. The summed E-state index contributed by atoms with van der Waals surface area (Å²) in [5.74, 6) is -0.0405. The Kier molecular flexibility index (Phi) is 11.0. The number of hydrogen-bond acceptors (Lipinski definition) is 10. The monoisotopic (exact) mass is 682 g/mol. The first-order valence-electron chi connectivity index (χ1n) is 15.9. The number of anilines is 3. The third kappa shape index (κ3) is 9.32. The first-order valence-corrected chi connectivity index (χ1v) is 16.3. The van der Waals surface area contributed by atoms with Crippen LogP contribution in [0.4, 0.5) is 26.4 Å². The van der Waals surface area contributed by atoms with Gasteiger partial charge in [-0.2, -0.15) is 0 Å². The molecule has 2 N–H and O–H groups in total. The van der Waals surface area contributed by atoms with E-state index in [0.717, 1.165) is 12.8 Å². The summed E-state index contributed by atoms with van der Waals surface area (Å²) >= 11 is 5.97. The maximum absolute atomic E-state index is 13.7. The van der Waals surface area contributed by atoms with Crippen molar-refractivity contribution in [1.82, 2.24) is 19.8 Å². The van der Waals surface area contributed by atoms with Gasteiger partial charge in [0.05, 0.1) is 36.0 Å². The number of fused-ring (bicyclic) bond motifs is 1. The number of carbonyl (C=O) groups is 3. The SMILES string of the molecule is CCOC(=O)C1CN(C(=O)OC(C)(C)C)CCN1C/C=C/C(=O)Nc1cc2c(Nc3ccc(F)c(Cl)c3)ncnc2cc1OCC1CC1. The number of hydrogen-bond donors (Lipinski definition) is 2. The highest BCUT2D eigenvalue weighted by Gasteiger charge is 2.36. The molecule has 2 aliphatic rings. The smallest absolute Gasteiger partial charge is 0.410 e. The Hall–Kier alpha value is -4.49. The van der Waals surface area contributed by atoms with Crippen LogP contribution in [0.3, 0.4) is 0 Å². The summed E-state index contributed by atoms with van der Waals surface area (Å²) in [5.41, 5.74) is 0.857. The number of aromatic nitrogens is 2. The van der Waals surface area contributed by atoms with Gasteiger partial charge in [0.25, 0.3) is 0 Å². The minimum Gasteiger partial charge on any atom is -0.491 e. The summed E-state index contributed by atoms with van der Waals surface area (Å²) in [6.45, 7) is 8.90. The van der Waals surface area contributed by atoms with E-state index in [1.54, 1.807) is 52.0 Å². The number of piperazine rings is 1. The summed E-state index contributed by atoms with van der Waals surface area (Å²) in [6, 6.07) is 7.00. The fourth-order valence-electron chi connectivity index (χ4n) is 5.07. The molecule has 14 heteroatoms. The van der Waals surface area contributed by atoms with Crippen molar-refractivity contribution in [3.63, 3.8) is 0 Å². The van der Waals surface area contributed by atoms with Crippen molar-refractivity contribution in [3.8, 4) is 5.75 Å². The Morgan fingerprint density at radius 3 is 2.62 bits per heavy atom. The molecule has 5 rings (SSSR count). The molecule has 1 saturated heterocycles. The summed E-state index contributed by atoms with van der Waals surface area (Å²) < 4.78 is 30.6. The summed E-state index contributed by atoms with van der Waals surface area (Å²) in [7, 11) is 0. The fraction of sp³-hybridized carbons (Fsp3) is 0.441. The van der Waals surface area contributed by atoms with E-state index in [9.17, 15) is 18.8 Å². The number of nitrogens with one attached hydrogen (secondary N) is 2. The van der Waals surface area contributed by atoms with Gasteiger partial charge in [-0.15, -0.1) is 0 Å². The predicted octanol–water partition coefficient (Wildman–Crippen LogP) is 5.93. The lowest BCUT2D eigenvalue weighted by atomic mass is 10.1. The molecule has 2 amide bonds. The molecule has 1 unspecified atom stereocenters. The van der Waals surface area contributed by atoms with Crippen LogP contribution in [0.25, 0.3) is 10.9 Å². The highest BCUT2D eigenvalue weighted by Crippen LogP contribution is 2.36. The molecule has 48 heavy (non-hydrogen) atoms. The van der Waals surface area contributed by atoms with Gasteiger partial charge in [-0.25, -0.2) is 19.2 Å². The van der Waals surface area contributed by atoms with E-state index in [4.69, 9.17) is 25.8 Å². The van der Waals surface area contributed by atoms with Gasteiger partial charge in [0, 0.05) is 42.9 Å². The molecule has 0 bridgehead atoms. The van der Waals surface area contributed by atoms with Gasteiger partial charge >= 0.3 is 12.1 Å². The molecule has 1 atom stereocenters. The molecule has 2 fully saturated rings. The summed E-state index contributed by atoms with van der Waals surface area (Å²) in [4.78, 5) is 50.8. The lowest BCUT2D eigenvalue weighted by Gasteiger charge is -2.39. The van der Waals surface area contributed by atoms with Crippen LogP contribution >= 0.6 is 11.6 Å². The van der Waals surface area contributed by atoms with Crippen LogP contribution < -0.4 is 15.4 Å². The second-order valence-electron chi connectivity index (χ2n) is 12.7. The molecule has 1 aromatic heterocycles. The minimum atomic E-state index is -0.719.